The molecule has 3 rings (SSSR count). The molecule has 2 heterocycles. The highest BCUT2D eigenvalue weighted by atomic mass is 32.1. The zero-order valence-corrected chi connectivity index (χ0v) is 13.1. The van der Waals surface area contributed by atoms with E-state index in [9.17, 15) is 4.79 Å². The standard InChI is InChI=1S/C16H19N3O2S/c20-16-17-15(22)14(13-4-2-1-3-5-13)12-19(16)7-6-18-8-10-21-11-9-18/h1-5,12H,6-11H2,(H,17,20,22). The zero-order chi connectivity index (χ0) is 15.4. The van der Waals surface area contributed by atoms with Crippen molar-refractivity contribution < 1.29 is 4.74 Å². The van der Waals surface area contributed by atoms with E-state index >= 15 is 0 Å². The Labute approximate surface area is 134 Å². The van der Waals surface area contributed by atoms with Gasteiger partial charge in [0.25, 0.3) is 0 Å². The fourth-order valence-electron chi connectivity index (χ4n) is 2.57. The number of aromatic amines is 1. The second-order valence-electron chi connectivity index (χ2n) is 5.32. The van der Waals surface area contributed by atoms with E-state index in [4.69, 9.17) is 17.0 Å². The fraction of sp³-hybridized carbons (Fsp3) is 0.375. The van der Waals surface area contributed by atoms with Crippen molar-refractivity contribution in [2.24, 2.45) is 0 Å². The smallest absolute Gasteiger partial charge is 0.326 e. The van der Waals surface area contributed by atoms with E-state index in [0.717, 1.165) is 44.0 Å². The monoisotopic (exact) mass is 317 g/mol. The molecule has 1 aliphatic rings. The van der Waals surface area contributed by atoms with Crippen LogP contribution in [0.2, 0.25) is 0 Å². The van der Waals surface area contributed by atoms with E-state index in [-0.39, 0.29) is 5.69 Å². The lowest BCUT2D eigenvalue weighted by atomic mass is 10.1. The number of hydrogen-bond donors (Lipinski definition) is 1. The quantitative estimate of drug-likeness (QED) is 0.875. The van der Waals surface area contributed by atoms with Crippen molar-refractivity contribution in [3.63, 3.8) is 0 Å². The SMILES string of the molecule is O=c1[nH]c(=S)c(-c2ccccc2)cn1CCN1CCOCC1. The minimum absolute atomic E-state index is 0.155. The number of morpholine rings is 1. The van der Waals surface area contributed by atoms with E-state index in [1.54, 1.807) is 4.57 Å². The van der Waals surface area contributed by atoms with Crippen molar-refractivity contribution in [3.05, 3.63) is 51.7 Å². The van der Waals surface area contributed by atoms with Crippen LogP contribution in [0.15, 0.2) is 41.3 Å². The van der Waals surface area contributed by atoms with Gasteiger partial charge in [0.05, 0.1) is 13.2 Å². The molecule has 116 valence electrons. The van der Waals surface area contributed by atoms with Gasteiger partial charge in [-0.25, -0.2) is 4.79 Å². The number of hydrogen-bond acceptors (Lipinski definition) is 4. The van der Waals surface area contributed by atoms with Crippen molar-refractivity contribution in [2.45, 2.75) is 6.54 Å². The molecule has 6 heteroatoms. The second kappa shape index (κ2) is 7.00. The van der Waals surface area contributed by atoms with Crippen LogP contribution in [-0.2, 0) is 11.3 Å². The summed E-state index contributed by atoms with van der Waals surface area (Å²) in [5, 5.41) is 0. The summed E-state index contributed by atoms with van der Waals surface area (Å²) < 4.78 is 7.53. The molecule has 1 saturated heterocycles. The first-order valence-corrected chi connectivity index (χ1v) is 7.84. The third-order valence-corrected chi connectivity index (χ3v) is 4.18. The number of nitrogens with zero attached hydrogens (tertiary/aromatic N) is 2. The van der Waals surface area contributed by atoms with Crippen LogP contribution < -0.4 is 5.69 Å². The van der Waals surface area contributed by atoms with Gasteiger partial charge in [-0.3, -0.25) is 14.5 Å². The summed E-state index contributed by atoms with van der Waals surface area (Å²) in [4.78, 5) is 17.2. The minimum atomic E-state index is -0.155. The molecule has 0 amide bonds. The predicted molar refractivity (Wildman–Crippen MR) is 88.6 cm³/mol. The lowest BCUT2D eigenvalue weighted by Gasteiger charge is -2.26. The van der Waals surface area contributed by atoms with Crippen LogP contribution in [0.25, 0.3) is 11.1 Å². The number of aromatic nitrogens is 2. The first-order valence-electron chi connectivity index (χ1n) is 7.43. The highest BCUT2D eigenvalue weighted by molar-refractivity contribution is 7.71. The summed E-state index contributed by atoms with van der Waals surface area (Å²) in [6.07, 6.45) is 1.86. The Morgan fingerprint density at radius 2 is 1.86 bits per heavy atom. The van der Waals surface area contributed by atoms with Gasteiger partial charge in [-0.05, 0) is 5.56 Å². The molecular weight excluding hydrogens is 298 g/mol. The van der Waals surface area contributed by atoms with Crippen molar-refractivity contribution in [3.8, 4) is 11.1 Å². The van der Waals surface area contributed by atoms with Crippen molar-refractivity contribution in [1.29, 1.82) is 0 Å². The molecule has 0 spiro atoms. The molecule has 1 aliphatic heterocycles. The molecule has 1 aromatic carbocycles. The topological polar surface area (TPSA) is 50.3 Å². The molecule has 22 heavy (non-hydrogen) atoms. The lowest BCUT2D eigenvalue weighted by molar-refractivity contribution is 0.0362. The van der Waals surface area contributed by atoms with Crippen LogP contribution in [0.1, 0.15) is 0 Å². The van der Waals surface area contributed by atoms with Gasteiger partial charge >= 0.3 is 5.69 Å². The molecule has 0 unspecified atom stereocenters. The molecule has 0 radical (unpaired) electrons. The maximum atomic E-state index is 12.1. The highest BCUT2D eigenvalue weighted by Crippen LogP contribution is 2.17. The largest absolute Gasteiger partial charge is 0.379 e. The number of benzene rings is 1. The van der Waals surface area contributed by atoms with Crippen LogP contribution in [0.5, 0.6) is 0 Å². The summed E-state index contributed by atoms with van der Waals surface area (Å²) >= 11 is 5.29. The molecule has 2 aromatic rings. The van der Waals surface area contributed by atoms with Gasteiger partial charge < -0.3 is 4.74 Å². The number of H-pyrrole nitrogens is 1. The third kappa shape index (κ3) is 3.52. The van der Waals surface area contributed by atoms with Gasteiger partial charge in [-0.2, -0.15) is 0 Å². The van der Waals surface area contributed by atoms with Gasteiger partial charge in [0, 0.05) is 37.9 Å². The van der Waals surface area contributed by atoms with Crippen molar-refractivity contribution in [1.82, 2.24) is 14.5 Å². The zero-order valence-electron chi connectivity index (χ0n) is 12.3. The molecule has 1 fully saturated rings. The van der Waals surface area contributed by atoms with Crippen molar-refractivity contribution in [2.75, 3.05) is 32.8 Å². The van der Waals surface area contributed by atoms with Gasteiger partial charge in [0.1, 0.15) is 4.64 Å². The number of nitrogens with one attached hydrogen (secondary N) is 1. The van der Waals surface area contributed by atoms with E-state index < -0.39 is 0 Å². The Hall–Kier alpha value is -1.76. The Morgan fingerprint density at radius 3 is 2.59 bits per heavy atom. The first kappa shape index (κ1) is 15.1. The molecule has 0 aliphatic carbocycles. The Morgan fingerprint density at radius 1 is 1.14 bits per heavy atom. The molecule has 0 atom stereocenters. The van der Waals surface area contributed by atoms with Gasteiger partial charge in [0.15, 0.2) is 0 Å². The summed E-state index contributed by atoms with van der Waals surface area (Å²) in [6.45, 7) is 4.85. The van der Waals surface area contributed by atoms with Gasteiger partial charge in [-0.1, -0.05) is 42.5 Å². The molecule has 1 aromatic heterocycles. The average molecular weight is 317 g/mol. The van der Waals surface area contributed by atoms with E-state index in [2.05, 4.69) is 9.88 Å². The molecule has 0 bridgehead atoms. The third-order valence-electron chi connectivity index (χ3n) is 3.86. The van der Waals surface area contributed by atoms with Crippen LogP contribution in [0.4, 0.5) is 0 Å². The van der Waals surface area contributed by atoms with Crippen molar-refractivity contribution >= 4 is 12.2 Å². The van der Waals surface area contributed by atoms with Gasteiger partial charge in [-0.15, -0.1) is 0 Å². The summed E-state index contributed by atoms with van der Waals surface area (Å²) in [5.74, 6) is 0. The molecule has 0 saturated carbocycles. The summed E-state index contributed by atoms with van der Waals surface area (Å²) in [7, 11) is 0. The maximum Gasteiger partial charge on any atom is 0.326 e. The first-order chi connectivity index (χ1) is 10.7. The maximum absolute atomic E-state index is 12.1. The van der Waals surface area contributed by atoms with Crippen LogP contribution in [0.3, 0.4) is 0 Å². The Balaban J connectivity index is 1.82. The number of rotatable bonds is 4. The van der Waals surface area contributed by atoms with E-state index in [1.807, 2.05) is 36.5 Å². The van der Waals surface area contributed by atoms with E-state index in [0.29, 0.717) is 11.2 Å². The second-order valence-corrected chi connectivity index (χ2v) is 5.72. The van der Waals surface area contributed by atoms with Crippen LogP contribution >= 0.6 is 12.2 Å². The normalized spacial score (nSPS) is 15.8. The fourth-order valence-corrected chi connectivity index (χ4v) is 2.83. The molecule has 5 nitrogen and oxygen atoms in total. The molecule has 1 N–H and O–H groups in total. The average Bonchev–Trinajstić information content (AvgIpc) is 2.56. The predicted octanol–water partition coefficient (Wildman–Crippen LogP) is 1.91. The molecular formula is C16H19N3O2S. The summed E-state index contributed by atoms with van der Waals surface area (Å²) in [6, 6.07) is 9.89. The van der Waals surface area contributed by atoms with Gasteiger partial charge in [0.2, 0.25) is 0 Å². The Kier molecular flexibility index (Phi) is 4.82. The lowest BCUT2D eigenvalue weighted by Crippen LogP contribution is -2.39. The Bertz CT molecular complexity index is 733. The van der Waals surface area contributed by atoms with E-state index in [1.165, 1.54) is 0 Å². The summed E-state index contributed by atoms with van der Waals surface area (Å²) in [5.41, 5.74) is 1.75. The highest BCUT2D eigenvalue weighted by Gasteiger charge is 2.11. The van der Waals surface area contributed by atoms with Crippen LogP contribution in [-0.4, -0.2) is 47.3 Å². The minimum Gasteiger partial charge on any atom is -0.379 e. The number of ether oxygens (including phenoxy) is 1. The van der Waals surface area contributed by atoms with Crippen LogP contribution in [0, 0.1) is 4.64 Å².